The molecule has 5 aromatic carbocycles. The average Bonchev–Trinajstić information content (AvgIpc) is 3.66. The van der Waals surface area contributed by atoms with Gasteiger partial charge in [0.1, 0.15) is 22.7 Å². The molecule has 0 N–H and O–H groups in total. The Kier molecular flexibility index (Phi) is 15.9. The summed E-state index contributed by atoms with van der Waals surface area (Å²) in [5.74, 6) is 1.39. The van der Waals surface area contributed by atoms with Crippen LogP contribution in [0, 0.1) is 5.41 Å². The minimum absolute atomic E-state index is 0.141. The Morgan fingerprint density at radius 1 is 0.397 bits per heavy atom. The van der Waals surface area contributed by atoms with Crippen LogP contribution < -0.4 is 9.05 Å². The third-order valence-corrected chi connectivity index (χ3v) is 17.4. The summed E-state index contributed by atoms with van der Waals surface area (Å²) >= 11 is 0. The maximum absolute atomic E-state index is 7.78. The van der Waals surface area contributed by atoms with Crippen LogP contribution in [0.5, 0.6) is 11.5 Å². The second kappa shape index (κ2) is 20.7. The highest BCUT2D eigenvalue weighted by Gasteiger charge is 2.45. The SMILES string of the molecule is CC(C)(C)c1cc(-c2cc(C(C)(C)C)cc(C(C)(C)C)c2Op2oc3c(C(C)(C)C)cc(C(C)(C)C)cc3c3cc(C(C)(C)C)cc(C(C)(C)C)c3o2)c(OP2OCC3(COC(c4ccccc4)OC3)CO2)c(C(C)(C)C)c1. The van der Waals surface area contributed by atoms with Gasteiger partial charge in [-0.3, -0.25) is 0 Å². The first kappa shape index (κ1) is 60.0. The van der Waals surface area contributed by atoms with Gasteiger partial charge in [0.15, 0.2) is 6.29 Å². The van der Waals surface area contributed by atoms with Crippen LogP contribution in [0.4, 0.5) is 0 Å². The molecule has 0 aliphatic carbocycles. The monoisotopic (exact) mass is 1100 g/mol. The van der Waals surface area contributed by atoms with Gasteiger partial charge in [0.25, 0.3) is 0 Å². The van der Waals surface area contributed by atoms with E-state index in [1.54, 1.807) is 0 Å². The van der Waals surface area contributed by atoms with Crippen molar-refractivity contribution in [1.29, 1.82) is 0 Å². The molecule has 2 aliphatic heterocycles. The predicted molar refractivity (Wildman–Crippen MR) is 327 cm³/mol. The molecule has 2 saturated heterocycles. The van der Waals surface area contributed by atoms with Gasteiger partial charge in [0.05, 0.1) is 31.8 Å². The number of ether oxygens (including phenoxy) is 2. The van der Waals surface area contributed by atoms with Crippen LogP contribution in [0.25, 0.3) is 33.1 Å². The molecule has 1 spiro atoms. The molecule has 78 heavy (non-hydrogen) atoms. The highest BCUT2D eigenvalue weighted by atomic mass is 31.2. The number of rotatable bonds is 6. The zero-order valence-corrected chi connectivity index (χ0v) is 53.9. The first-order chi connectivity index (χ1) is 35.6. The lowest BCUT2D eigenvalue weighted by Crippen LogP contribution is -2.47. The standard InChI is InChI=1S/C68H94O8P2/c1-60(2,3)43-30-47(55(51(34-43)64(13,14)15)73-77-71-40-68(41-72-77)38-69-59(70-39-68)42-28-26-25-27-29-42)48-31-44(61(4,5)6)35-52(65(16,17)18)56(48)74-78-75-57-49(32-45(62(7,8)9)36-53(57)66(19,20)21)50-33-46(63(10,11)12)37-54(58(50)76-78)67(22,23)24/h25-37,59H,38-41H2,1-24H3. The van der Waals surface area contributed by atoms with E-state index in [0.29, 0.717) is 37.9 Å². The Morgan fingerprint density at radius 3 is 1.10 bits per heavy atom. The molecule has 8 rings (SSSR count). The fourth-order valence-electron chi connectivity index (χ4n) is 10.1. The summed E-state index contributed by atoms with van der Waals surface area (Å²) < 4.78 is 56.2. The van der Waals surface area contributed by atoms with Gasteiger partial charge >= 0.3 is 16.8 Å². The Morgan fingerprint density at radius 2 is 0.744 bits per heavy atom. The van der Waals surface area contributed by atoms with E-state index in [4.69, 9.17) is 36.0 Å². The number of fused-ring (bicyclic) bond motifs is 3. The minimum atomic E-state index is -2.18. The van der Waals surface area contributed by atoms with E-state index in [9.17, 15) is 0 Å². The quantitative estimate of drug-likeness (QED) is 0.153. The maximum Gasteiger partial charge on any atom is 0.453 e. The molecule has 0 atom stereocenters. The second-order valence-electron chi connectivity index (χ2n) is 30.8. The van der Waals surface area contributed by atoms with Gasteiger partial charge in [0, 0.05) is 49.7 Å². The first-order valence-corrected chi connectivity index (χ1v) is 30.5. The summed E-state index contributed by atoms with van der Waals surface area (Å²) in [6.07, 6.45) is -0.434. The number of hydrogen-bond acceptors (Lipinski definition) is 8. The van der Waals surface area contributed by atoms with Crippen molar-refractivity contribution in [3.05, 3.63) is 129 Å². The van der Waals surface area contributed by atoms with Crippen LogP contribution in [0.15, 0.2) is 87.3 Å². The van der Waals surface area contributed by atoms with E-state index in [1.165, 1.54) is 22.3 Å². The van der Waals surface area contributed by atoms with Crippen molar-refractivity contribution in [3.63, 3.8) is 0 Å². The molecular weight excluding hydrogens is 1010 g/mol. The van der Waals surface area contributed by atoms with Gasteiger partial charge in [-0.25, -0.2) is 0 Å². The molecule has 0 bridgehead atoms. The summed E-state index contributed by atoms with van der Waals surface area (Å²) in [5, 5.41) is 2.04. The van der Waals surface area contributed by atoms with Gasteiger partial charge in [-0.1, -0.05) is 221 Å². The van der Waals surface area contributed by atoms with Gasteiger partial charge in [-0.15, -0.1) is 0 Å². The van der Waals surface area contributed by atoms with Crippen LogP contribution in [0.2, 0.25) is 0 Å². The number of hydrogen-bond donors (Lipinski definition) is 0. The van der Waals surface area contributed by atoms with Crippen molar-refractivity contribution in [2.45, 2.75) is 216 Å². The topological polar surface area (TPSA) is 81.7 Å². The van der Waals surface area contributed by atoms with Crippen LogP contribution in [0.1, 0.15) is 223 Å². The largest absolute Gasteiger partial charge is 0.453 e. The van der Waals surface area contributed by atoms with Gasteiger partial charge in [-0.2, -0.15) is 0 Å². The summed E-state index contributed by atoms with van der Waals surface area (Å²) in [5.41, 5.74) is 10.9. The Hall–Kier alpha value is -4.13. The van der Waals surface area contributed by atoms with Crippen molar-refractivity contribution >= 4 is 38.8 Å². The Labute approximate surface area is 471 Å². The summed E-state index contributed by atoms with van der Waals surface area (Å²) in [7, 11) is -4.04. The lowest BCUT2D eigenvalue weighted by atomic mass is 9.75. The Bertz CT molecular complexity index is 3110. The molecule has 2 fully saturated rings. The second-order valence-corrected chi connectivity index (χ2v) is 33.0. The van der Waals surface area contributed by atoms with Gasteiger partial charge in [-0.05, 0) is 89.8 Å². The predicted octanol–water partition coefficient (Wildman–Crippen LogP) is 20.6. The molecule has 0 amide bonds. The van der Waals surface area contributed by atoms with E-state index in [2.05, 4.69) is 215 Å². The fourth-order valence-corrected chi connectivity index (χ4v) is 12.5. The van der Waals surface area contributed by atoms with Crippen molar-refractivity contribution in [2.24, 2.45) is 5.41 Å². The molecule has 0 unspecified atom stereocenters. The summed E-state index contributed by atoms with van der Waals surface area (Å²) in [6, 6.07) is 28.7. The van der Waals surface area contributed by atoms with Crippen molar-refractivity contribution in [1.82, 2.24) is 0 Å². The molecular formula is C68H94O8P2. The summed E-state index contributed by atoms with van der Waals surface area (Å²) in [4.78, 5) is 0. The molecule has 3 heterocycles. The van der Waals surface area contributed by atoms with Crippen LogP contribution in [0.3, 0.4) is 0 Å². The van der Waals surface area contributed by atoms with Gasteiger partial charge < -0.3 is 36.0 Å². The lowest BCUT2D eigenvalue weighted by Gasteiger charge is -2.42. The normalized spacial score (nSPS) is 19.4. The minimum Gasteiger partial charge on any atom is -0.426 e. The van der Waals surface area contributed by atoms with E-state index in [-0.39, 0.29) is 37.9 Å². The molecule has 6 aromatic rings. The van der Waals surface area contributed by atoms with Gasteiger partial charge in [0.2, 0.25) is 0 Å². The lowest BCUT2D eigenvalue weighted by molar-refractivity contribution is -0.250. The zero-order valence-electron chi connectivity index (χ0n) is 52.1. The van der Waals surface area contributed by atoms with Crippen molar-refractivity contribution < 1.29 is 36.0 Å². The zero-order chi connectivity index (χ0) is 57.7. The van der Waals surface area contributed by atoms with E-state index >= 15 is 0 Å². The first-order valence-electron chi connectivity index (χ1n) is 28.3. The molecule has 1 aromatic heterocycles. The fraction of sp³-hybridized carbons (Fsp3) is 0.559. The molecule has 0 saturated carbocycles. The van der Waals surface area contributed by atoms with Crippen molar-refractivity contribution in [2.75, 3.05) is 26.4 Å². The summed E-state index contributed by atoms with van der Waals surface area (Å²) in [6.45, 7) is 56.2. The Balaban J connectivity index is 1.41. The average molecular weight is 1100 g/mol. The van der Waals surface area contributed by atoms with Crippen LogP contribution >= 0.6 is 16.8 Å². The van der Waals surface area contributed by atoms with E-state index in [0.717, 1.165) is 60.9 Å². The highest BCUT2D eigenvalue weighted by Crippen LogP contribution is 2.57. The third-order valence-electron chi connectivity index (χ3n) is 15.4. The number of benzene rings is 5. The molecule has 0 radical (unpaired) electrons. The smallest absolute Gasteiger partial charge is 0.426 e. The van der Waals surface area contributed by atoms with Crippen LogP contribution in [-0.4, -0.2) is 26.4 Å². The van der Waals surface area contributed by atoms with Crippen molar-refractivity contribution in [3.8, 4) is 22.6 Å². The maximum atomic E-state index is 7.78. The highest BCUT2D eigenvalue weighted by molar-refractivity contribution is 7.42. The van der Waals surface area contributed by atoms with Crippen LogP contribution in [-0.2, 0) is 61.8 Å². The molecule has 424 valence electrons. The van der Waals surface area contributed by atoms with E-state index in [1.807, 2.05) is 30.3 Å². The molecule has 8 nitrogen and oxygen atoms in total. The van der Waals surface area contributed by atoms with E-state index < -0.39 is 34.0 Å². The molecule has 10 heteroatoms. The molecule has 2 aliphatic rings. The third kappa shape index (κ3) is 12.8.